The summed E-state index contributed by atoms with van der Waals surface area (Å²) in [4.78, 5) is 2.71. The van der Waals surface area contributed by atoms with Crippen LogP contribution < -0.4 is 11.1 Å². The number of nitrogens with one attached hydrogen (secondary N) is 1. The molecule has 0 spiro atoms. The average Bonchev–Trinajstić information content (AvgIpc) is 2.59. The predicted molar refractivity (Wildman–Crippen MR) is 60.6 cm³/mol. The molecule has 14 heavy (non-hydrogen) atoms. The van der Waals surface area contributed by atoms with Gasteiger partial charge in [-0.25, -0.2) is 0 Å². The van der Waals surface area contributed by atoms with Crippen molar-refractivity contribution in [3.05, 3.63) is 21.9 Å². The number of thiophene rings is 1. The molecule has 1 aromatic rings. The molecule has 1 atom stereocenters. The lowest BCUT2D eigenvalue weighted by Crippen LogP contribution is -2.33. The lowest BCUT2D eigenvalue weighted by atomic mass is 10.3. The van der Waals surface area contributed by atoms with Crippen LogP contribution in [0.4, 0.5) is 0 Å². The first kappa shape index (κ1) is 11.7. The van der Waals surface area contributed by atoms with E-state index in [1.165, 1.54) is 9.75 Å². The maximum absolute atomic E-state index is 5.50. The van der Waals surface area contributed by atoms with Gasteiger partial charge in [-0.1, -0.05) is 0 Å². The lowest BCUT2D eigenvalue weighted by molar-refractivity contribution is 0.108. The van der Waals surface area contributed by atoms with Crippen molar-refractivity contribution in [1.29, 1.82) is 0 Å². The Morgan fingerprint density at radius 1 is 1.57 bits per heavy atom. The highest BCUT2D eigenvalue weighted by Gasteiger charge is 2.03. The molecule has 0 aromatic carbocycles. The average molecular weight is 214 g/mol. The zero-order chi connectivity index (χ0) is 10.4. The highest BCUT2D eigenvalue weighted by atomic mass is 32.1. The molecule has 3 N–H and O–H groups in total. The van der Waals surface area contributed by atoms with Gasteiger partial charge in [0.15, 0.2) is 0 Å². The molecule has 0 aliphatic carbocycles. The molecule has 1 heterocycles. The third-order valence-electron chi connectivity index (χ3n) is 2.06. The molecule has 0 radical (unpaired) electrons. The second-order valence-electron chi connectivity index (χ2n) is 3.24. The molecule has 4 heteroatoms. The van der Waals surface area contributed by atoms with Crippen LogP contribution in [-0.4, -0.2) is 26.3 Å². The number of ether oxygens (including phenoxy) is 1. The third-order valence-corrected chi connectivity index (χ3v) is 3.06. The molecular weight excluding hydrogens is 196 g/mol. The third kappa shape index (κ3) is 3.75. The van der Waals surface area contributed by atoms with Crippen LogP contribution in [0.1, 0.15) is 9.75 Å². The van der Waals surface area contributed by atoms with Gasteiger partial charge in [-0.05, 0) is 19.1 Å². The summed E-state index contributed by atoms with van der Waals surface area (Å²) in [5.41, 5.74) is 5.50. The number of hydrogen-bond donors (Lipinski definition) is 2. The molecule has 0 aliphatic rings. The van der Waals surface area contributed by atoms with Gasteiger partial charge in [0.25, 0.3) is 0 Å². The highest BCUT2D eigenvalue weighted by Crippen LogP contribution is 2.14. The van der Waals surface area contributed by atoms with Crippen LogP contribution in [0.3, 0.4) is 0 Å². The van der Waals surface area contributed by atoms with Gasteiger partial charge in [0.05, 0.1) is 6.10 Å². The van der Waals surface area contributed by atoms with E-state index in [-0.39, 0.29) is 6.10 Å². The first-order valence-electron chi connectivity index (χ1n) is 4.75. The van der Waals surface area contributed by atoms with Crippen molar-refractivity contribution in [1.82, 2.24) is 5.32 Å². The Hall–Kier alpha value is -0.420. The Balaban J connectivity index is 2.21. The van der Waals surface area contributed by atoms with Crippen LogP contribution in [0.5, 0.6) is 0 Å². The second-order valence-corrected chi connectivity index (χ2v) is 4.61. The fraction of sp³-hybridized carbons (Fsp3) is 0.600. The smallest absolute Gasteiger partial charge is 0.0817 e. The summed E-state index contributed by atoms with van der Waals surface area (Å²) in [6, 6.07) is 4.29. The summed E-state index contributed by atoms with van der Waals surface area (Å²) in [6.07, 6.45) is 0.121. The van der Waals surface area contributed by atoms with Crippen LogP contribution in [0, 0.1) is 6.92 Å². The number of rotatable bonds is 6. The number of methoxy groups -OCH3 is 1. The molecule has 0 fully saturated rings. The first-order valence-corrected chi connectivity index (χ1v) is 5.56. The molecule has 1 rings (SSSR count). The van der Waals surface area contributed by atoms with E-state index in [9.17, 15) is 0 Å². The summed E-state index contributed by atoms with van der Waals surface area (Å²) in [5, 5.41) is 3.32. The van der Waals surface area contributed by atoms with Gasteiger partial charge in [-0.2, -0.15) is 0 Å². The van der Waals surface area contributed by atoms with Crippen molar-refractivity contribution >= 4 is 11.3 Å². The van der Waals surface area contributed by atoms with E-state index in [0.29, 0.717) is 6.54 Å². The Morgan fingerprint density at radius 2 is 2.36 bits per heavy atom. The minimum atomic E-state index is 0.121. The molecule has 1 unspecified atom stereocenters. The molecule has 0 aliphatic heterocycles. The summed E-state index contributed by atoms with van der Waals surface area (Å²) in [5.74, 6) is 0. The van der Waals surface area contributed by atoms with Gasteiger partial charge in [-0.3, -0.25) is 0 Å². The van der Waals surface area contributed by atoms with Gasteiger partial charge in [0.2, 0.25) is 0 Å². The summed E-state index contributed by atoms with van der Waals surface area (Å²) in [6.45, 7) is 4.39. The number of aryl methyl sites for hydroxylation is 1. The van der Waals surface area contributed by atoms with Gasteiger partial charge in [0, 0.05) is 36.5 Å². The summed E-state index contributed by atoms with van der Waals surface area (Å²) in [7, 11) is 1.69. The largest absolute Gasteiger partial charge is 0.379 e. The summed E-state index contributed by atoms with van der Waals surface area (Å²) < 4.78 is 5.16. The Kier molecular flexibility index (Phi) is 5.11. The van der Waals surface area contributed by atoms with Gasteiger partial charge in [-0.15, -0.1) is 11.3 Å². The monoisotopic (exact) mass is 214 g/mol. The topological polar surface area (TPSA) is 47.3 Å². The molecule has 0 bridgehead atoms. The molecular formula is C10H18N2OS. The normalized spacial score (nSPS) is 13.1. The maximum atomic E-state index is 5.50. The minimum absolute atomic E-state index is 0.121. The van der Waals surface area contributed by atoms with Crippen LogP contribution >= 0.6 is 11.3 Å². The Bertz CT molecular complexity index is 258. The zero-order valence-corrected chi connectivity index (χ0v) is 9.56. The second kappa shape index (κ2) is 6.14. The molecule has 1 aromatic heterocycles. The fourth-order valence-corrected chi connectivity index (χ4v) is 2.06. The van der Waals surface area contributed by atoms with E-state index in [1.807, 2.05) is 11.3 Å². The van der Waals surface area contributed by atoms with E-state index in [0.717, 1.165) is 13.1 Å². The Labute approximate surface area is 89.3 Å². The highest BCUT2D eigenvalue weighted by molar-refractivity contribution is 7.11. The van der Waals surface area contributed by atoms with Crippen molar-refractivity contribution in [3.63, 3.8) is 0 Å². The van der Waals surface area contributed by atoms with E-state index in [2.05, 4.69) is 24.4 Å². The fourth-order valence-electron chi connectivity index (χ4n) is 1.20. The van der Waals surface area contributed by atoms with E-state index in [1.54, 1.807) is 7.11 Å². The molecule has 3 nitrogen and oxygen atoms in total. The van der Waals surface area contributed by atoms with Crippen molar-refractivity contribution < 1.29 is 4.74 Å². The Morgan fingerprint density at radius 3 is 2.86 bits per heavy atom. The number of hydrogen-bond acceptors (Lipinski definition) is 4. The van der Waals surface area contributed by atoms with Crippen LogP contribution in [0.2, 0.25) is 0 Å². The minimum Gasteiger partial charge on any atom is -0.379 e. The van der Waals surface area contributed by atoms with Crippen molar-refractivity contribution in [2.24, 2.45) is 5.73 Å². The molecule has 0 amide bonds. The molecule has 0 saturated heterocycles. The lowest BCUT2D eigenvalue weighted by Gasteiger charge is -2.12. The summed E-state index contributed by atoms with van der Waals surface area (Å²) >= 11 is 1.82. The molecule has 0 saturated carbocycles. The number of nitrogens with two attached hydrogens (primary N) is 1. The first-order chi connectivity index (χ1) is 6.76. The van der Waals surface area contributed by atoms with E-state index in [4.69, 9.17) is 10.5 Å². The SMILES string of the molecule is COC(CN)CNCc1ccc(C)s1. The van der Waals surface area contributed by atoms with Crippen molar-refractivity contribution in [3.8, 4) is 0 Å². The van der Waals surface area contributed by atoms with Crippen LogP contribution in [0.15, 0.2) is 12.1 Å². The molecule has 80 valence electrons. The van der Waals surface area contributed by atoms with Crippen LogP contribution in [-0.2, 0) is 11.3 Å². The van der Waals surface area contributed by atoms with Gasteiger partial charge >= 0.3 is 0 Å². The zero-order valence-electron chi connectivity index (χ0n) is 8.75. The van der Waals surface area contributed by atoms with Crippen LogP contribution in [0.25, 0.3) is 0 Å². The van der Waals surface area contributed by atoms with Crippen molar-refractivity contribution in [2.75, 3.05) is 20.2 Å². The predicted octanol–water partition coefficient (Wildman–Crippen LogP) is 1.12. The standard InChI is InChI=1S/C10H18N2OS/c1-8-3-4-10(14-8)7-12-6-9(5-11)13-2/h3-4,9,12H,5-7,11H2,1-2H3. The quantitative estimate of drug-likeness (QED) is 0.746. The van der Waals surface area contributed by atoms with E-state index >= 15 is 0 Å². The van der Waals surface area contributed by atoms with E-state index < -0.39 is 0 Å². The van der Waals surface area contributed by atoms with Gasteiger partial charge in [0.1, 0.15) is 0 Å². The van der Waals surface area contributed by atoms with Crippen molar-refractivity contribution in [2.45, 2.75) is 19.6 Å². The maximum Gasteiger partial charge on any atom is 0.0817 e. The van der Waals surface area contributed by atoms with Gasteiger partial charge < -0.3 is 15.8 Å².